The molecule has 0 radical (unpaired) electrons. The topological polar surface area (TPSA) is 121 Å². The zero-order valence-corrected chi connectivity index (χ0v) is 25.0. The molecule has 4 rings (SSSR count). The quantitative estimate of drug-likeness (QED) is 0.240. The van der Waals surface area contributed by atoms with Crippen molar-refractivity contribution in [1.82, 2.24) is 10.0 Å². The number of aliphatic hydroxyl groups is 1. The molecule has 0 aromatic heterocycles. The van der Waals surface area contributed by atoms with E-state index in [-0.39, 0.29) is 17.0 Å². The van der Waals surface area contributed by atoms with E-state index in [1.807, 2.05) is 54.6 Å². The second-order valence-corrected chi connectivity index (χ2v) is 13.2. The third kappa shape index (κ3) is 7.79. The molecule has 218 valence electrons. The lowest BCUT2D eigenvalue weighted by Crippen LogP contribution is -2.46. The fourth-order valence-electron chi connectivity index (χ4n) is 4.86. The van der Waals surface area contributed by atoms with Crippen molar-refractivity contribution in [2.75, 3.05) is 20.3 Å². The Morgan fingerprint density at radius 3 is 2.24 bits per heavy atom. The molecule has 1 aliphatic carbocycles. The van der Waals surface area contributed by atoms with Gasteiger partial charge in [-0.25, -0.2) is 13.1 Å². The summed E-state index contributed by atoms with van der Waals surface area (Å²) in [6.07, 6.45) is 0.302. The number of nitrogens with zero attached hydrogens (tertiary/aromatic N) is 1. The van der Waals surface area contributed by atoms with Crippen LogP contribution in [0.2, 0.25) is 0 Å². The van der Waals surface area contributed by atoms with Crippen molar-refractivity contribution >= 4 is 21.6 Å². The number of ether oxygens (including phenoxy) is 2. The number of benzene rings is 3. The Kier molecular flexibility index (Phi) is 9.62. The summed E-state index contributed by atoms with van der Waals surface area (Å²) in [6.45, 7) is 4.49. The van der Waals surface area contributed by atoms with Gasteiger partial charge in [-0.05, 0) is 74.2 Å². The number of alkyl halides is 1. The van der Waals surface area contributed by atoms with E-state index in [0.717, 1.165) is 23.3 Å². The molecule has 0 spiro atoms. The maximum Gasteiger partial charge on any atom is 0.241 e. The standard InChI is InChI=1S/C31H36ClN3O5S/c1-30(2,17-23-9-11-25(39-3)12-10-23)34-20-24(36)21-40-26-13-15-27(16-14-26)41(37,38)35-31(28(19-33)29(31)32)18-22-7-5-4-6-8-22/h4-16,24,28-29,34-36H,17-18,20-21H2,1-3H3/t24-,28?,29?,31?/m1/s1. The van der Waals surface area contributed by atoms with Crippen LogP contribution in [0.15, 0.2) is 83.8 Å². The zero-order valence-electron chi connectivity index (χ0n) is 23.4. The number of hydrogen-bond donors (Lipinski definition) is 3. The van der Waals surface area contributed by atoms with Crippen LogP contribution in [0.1, 0.15) is 25.0 Å². The van der Waals surface area contributed by atoms with E-state index >= 15 is 0 Å². The van der Waals surface area contributed by atoms with Crippen LogP contribution >= 0.6 is 11.6 Å². The molecule has 1 aliphatic rings. The van der Waals surface area contributed by atoms with E-state index in [4.69, 9.17) is 21.1 Å². The molecule has 0 bridgehead atoms. The highest BCUT2D eigenvalue weighted by Gasteiger charge is 2.66. The van der Waals surface area contributed by atoms with E-state index in [9.17, 15) is 18.8 Å². The van der Waals surface area contributed by atoms with E-state index in [1.165, 1.54) is 12.1 Å². The third-order valence-corrected chi connectivity index (χ3v) is 9.41. The summed E-state index contributed by atoms with van der Waals surface area (Å²) in [5.74, 6) is 0.592. The molecule has 3 unspecified atom stereocenters. The molecular weight excluding hydrogens is 562 g/mol. The first-order valence-electron chi connectivity index (χ1n) is 13.4. The Morgan fingerprint density at radius 2 is 1.66 bits per heavy atom. The van der Waals surface area contributed by atoms with E-state index in [0.29, 0.717) is 18.7 Å². The summed E-state index contributed by atoms with van der Waals surface area (Å²) in [4.78, 5) is 0.0345. The Balaban J connectivity index is 1.29. The van der Waals surface area contributed by atoms with Crippen LogP contribution < -0.4 is 19.5 Å². The Bertz CT molecular complexity index is 1440. The van der Waals surface area contributed by atoms with Crippen molar-refractivity contribution in [2.45, 2.75) is 54.1 Å². The average Bonchev–Trinajstić information content (AvgIpc) is 3.50. The number of aliphatic hydroxyl groups excluding tert-OH is 1. The van der Waals surface area contributed by atoms with Crippen molar-refractivity contribution in [3.8, 4) is 17.6 Å². The van der Waals surface area contributed by atoms with Gasteiger partial charge in [0.1, 0.15) is 24.2 Å². The zero-order chi connectivity index (χ0) is 29.7. The number of rotatable bonds is 14. The molecule has 0 amide bonds. The first kappa shape index (κ1) is 30.8. The number of methoxy groups -OCH3 is 1. The molecule has 3 aromatic carbocycles. The number of nitrogens with one attached hydrogen (secondary N) is 2. The highest BCUT2D eigenvalue weighted by atomic mass is 35.5. The normalized spacial score (nSPS) is 21.1. The van der Waals surface area contributed by atoms with E-state index in [2.05, 4.69) is 30.0 Å². The van der Waals surface area contributed by atoms with Gasteiger partial charge in [-0.2, -0.15) is 5.26 Å². The second-order valence-electron chi connectivity index (χ2n) is 11.0. The molecule has 0 heterocycles. The van der Waals surface area contributed by atoms with Gasteiger partial charge >= 0.3 is 0 Å². The minimum Gasteiger partial charge on any atom is -0.497 e. The molecule has 1 fully saturated rings. The molecule has 3 N–H and O–H groups in total. The molecule has 4 atom stereocenters. The van der Waals surface area contributed by atoms with Crippen molar-refractivity contribution in [3.63, 3.8) is 0 Å². The Hall–Kier alpha value is -3.13. The minimum absolute atomic E-state index is 0.0345. The lowest BCUT2D eigenvalue weighted by atomic mass is 9.94. The molecule has 41 heavy (non-hydrogen) atoms. The lowest BCUT2D eigenvalue weighted by molar-refractivity contribution is 0.0988. The predicted molar refractivity (Wildman–Crippen MR) is 159 cm³/mol. The lowest BCUT2D eigenvalue weighted by Gasteiger charge is -2.28. The van der Waals surface area contributed by atoms with Gasteiger partial charge in [0.2, 0.25) is 10.0 Å². The number of halogens is 1. The van der Waals surface area contributed by atoms with E-state index in [1.54, 1.807) is 19.2 Å². The highest BCUT2D eigenvalue weighted by molar-refractivity contribution is 7.89. The molecule has 8 nitrogen and oxygen atoms in total. The summed E-state index contributed by atoms with van der Waals surface area (Å²) in [7, 11) is -2.33. The third-order valence-electron chi connectivity index (χ3n) is 7.23. The first-order valence-corrected chi connectivity index (χ1v) is 15.3. The Labute approximate surface area is 247 Å². The van der Waals surface area contributed by atoms with Gasteiger partial charge in [0, 0.05) is 12.1 Å². The Morgan fingerprint density at radius 1 is 1.02 bits per heavy atom. The summed E-state index contributed by atoms with van der Waals surface area (Å²) in [5.41, 5.74) is 0.699. The van der Waals surface area contributed by atoms with Gasteiger partial charge in [0.05, 0.1) is 34.9 Å². The number of nitriles is 1. The fraction of sp³-hybridized carbons (Fsp3) is 0.387. The maximum atomic E-state index is 13.2. The van der Waals surface area contributed by atoms with Crippen molar-refractivity contribution in [2.24, 2.45) is 5.92 Å². The van der Waals surface area contributed by atoms with Crippen molar-refractivity contribution in [3.05, 3.63) is 90.0 Å². The van der Waals surface area contributed by atoms with Gasteiger partial charge in [-0.15, -0.1) is 11.6 Å². The van der Waals surface area contributed by atoms with Gasteiger partial charge in [0.25, 0.3) is 0 Å². The van der Waals surface area contributed by atoms with Crippen LogP contribution in [0, 0.1) is 17.2 Å². The summed E-state index contributed by atoms with van der Waals surface area (Å²) in [6, 6.07) is 25.3. The molecule has 3 aromatic rings. The second kappa shape index (κ2) is 12.8. The van der Waals surface area contributed by atoms with Crippen molar-refractivity contribution < 1.29 is 23.0 Å². The van der Waals surface area contributed by atoms with Crippen LogP contribution in [0.25, 0.3) is 0 Å². The van der Waals surface area contributed by atoms with Gasteiger partial charge in [-0.1, -0.05) is 42.5 Å². The highest BCUT2D eigenvalue weighted by Crippen LogP contribution is 2.51. The fourth-order valence-corrected chi connectivity index (χ4v) is 6.84. The average molecular weight is 598 g/mol. The SMILES string of the molecule is COc1ccc(CC(C)(C)NC[C@@H](O)COc2ccc(S(=O)(=O)NC3(Cc4ccccc4)C(Cl)C3C#N)cc2)cc1. The molecule has 1 saturated carbocycles. The number of β-amino-alcohol motifs (C(OH)–C–C–N with tert-alkyl or cyclic N) is 1. The smallest absolute Gasteiger partial charge is 0.241 e. The van der Waals surface area contributed by atoms with Crippen LogP contribution in [0.3, 0.4) is 0 Å². The van der Waals surface area contributed by atoms with Crippen LogP contribution in [-0.2, 0) is 22.9 Å². The van der Waals surface area contributed by atoms with E-state index < -0.39 is 33.0 Å². The number of sulfonamides is 1. The maximum absolute atomic E-state index is 13.2. The molecule has 0 saturated heterocycles. The van der Waals surface area contributed by atoms with Gasteiger partial charge in [0.15, 0.2) is 0 Å². The summed E-state index contributed by atoms with van der Waals surface area (Å²) < 4.78 is 40.1. The van der Waals surface area contributed by atoms with Crippen LogP contribution in [-0.4, -0.2) is 56.3 Å². The minimum atomic E-state index is -3.96. The van der Waals surface area contributed by atoms with Crippen LogP contribution in [0.5, 0.6) is 11.5 Å². The summed E-state index contributed by atoms with van der Waals surface area (Å²) >= 11 is 6.42. The van der Waals surface area contributed by atoms with Crippen LogP contribution in [0.4, 0.5) is 0 Å². The number of hydrogen-bond acceptors (Lipinski definition) is 7. The predicted octanol–water partition coefficient (Wildman–Crippen LogP) is 4.07. The first-order chi connectivity index (χ1) is 19.5. The van der Waals surface area contributed by atoms with Crippen molar-refractivity contribution in [1.29, 1.82) is 5.26 Å². The molecule has 0 aliphatic heterocycles. The monoisotopic (exact) mass is 597 g/mol. The van der Waals surface area contributed by atoms with Gasteiger partial charge < -0.3 is 19.9 Å². The van der Waals surface area contributed by atoms with Gasteiger partial charge in [-0.3, -0.25) is 0 Å². The largest absolute Gasteiger partial charge is 0.497 e. The summed E-state index contributed by atoms with van der Waals surface area (Å²) in [5, 5.41) is 22.8. The molecular formula is C31H36ClN3O5S. The molecule has 10 heteroatoms.